The minimum Gasteiger partial charge on any atom is -0.394 e. The highest BCUT2D eigenvalue weighted by Gasteiger charge is 2.12. The molecule has 3 N–H and O–H groups in total. The lowest BCUT2D eigenvalue weighted by Gasteiger charge is -2.18. The summed E-state index contributed by atoms with van der Waals surface area (Å²) in [7, 11) is 1.63. The van der Waals surface area contributed by atoms with Crippen LogP contribution in [-0.4, -0.2) is 44.0 Å². The third-order valence-electron chi connectivity index (χ3n) is 2.12. The van der Waals surface area contributed by atoms with Crippen molar-refractivity contribution in [3.05, 3.63) is 0 Å². The lowest BCUT2D eigenvalue weighted by atomic mass is 10.0. The van der Waals surface area contributed by atoms with Crippen molar-refractivity contribution in [1.29, 1.82) is 0 Å². The minimum atomic E-state index is -0.226. The average Bonchev–Trinajstić information content (AvgIpc) is 2.23. The van der Waals surface area contributed by atoms with Gasteiger partial charge in [0.05, 0.1) is 12.6 Å². The molecule has 96 valence electrons. The summed E-state index contributed by atoms with van der Waals surface area (Å²) >= 11 is 0. The van der Waals surface area contributed by atoms with Crippen molar-refractivity contribution < 1.29 is 14.6 Å². The smallest absolute Gasteiger partial charge is 0.315 e. The van der Waals surface area contributed by atoms with Crippen LogP contribution in [-0.2, 0) is 4.74 Å². The Labute approximate surface area is 97.6 Å². The molecule has 0 aliphatic heterocycles. The van der Waals surface area contributed by atoms with Gasteiger partial charge in [-0.1, -0.05) is 13.8 Å². The van der Waals surface area contributed by atoms with Crippen LogP contribution < -0.4 is 10.6 Å². The van der Waals surface area contributed by atoms with Crippen LogP contribution in [0.4, 0.5) is 4.79 Å². The lowest BCUT2D eigenvalue weighted by molar-refractivity contribution is 0.190. The molecule has 16 heavy (non-hydrogen) atoms. The van der Waals surface area contributed by atoms with E-state index in [2.05, 4.69) is 24.5 Å². The summed E-state index contributed by atoms with van der Waals surface area (Å²) in [4.78, 5) is 11.4. The molecule has 0 heterocycles. The van der Waals surface area contributed by atoms with Gasteiger partial charge in [0.1, 0.15) is 0 Å². The SMILES string of the molecule is COCCCNC(=O)NC(CO)CC(C)C. The molecule has 0 aromatic rings. The van der Waals surface area contributed by atoms with Gasteiger partial charge in [0.2, 0.25) is 0 Å². The number of aliphatic hydroxyl groups is 1. The van der Waals surface area contributed by atoms with Gasteiger partial charge in [-0.15, -0.1) is 0 Å². The van der Waals surface area contributed by atoms with Crippen molar-refractivity contribution in [2.75, 3.05) is 26.9 Å². The Bertz CT molecular complexity index is 186. The number of rotatable bonds is 8. The Morgan fingerprint density at radius 1 is 1.44 bits per heavy atom. The lowest BCUT2D eigenvalue weighted by Crippen LogP contribution is -2.44. The van der Waals surface area contributed by atoms with Crippen molar-refractivity contribution in [1.82, 2.24) is 10.6 Å². The van der Waals surface area contributed by atoms with Crippen molar-refractivity contribution in [3.8, 4) is 0 Å². The molecule has 0 aromatic carbocycles. The Kier molecular flexibility index (Phi) is 8.94. The van der Waals surface area contributed by atoms with Crippen LogP contribution in [0.15, 0.2) is 0 Å². The largest absolute Gasteiger partial charge is 0.394 e. The summed E-state index contributed by atoms with van der Waals surface area (Å²) in [5.41, 5.74) is 0. The number of carbonyl (C=O) groups is 1. The van der Waals surface area contributed by atoms with Crippen LogP contribution in [0.5, 0.6) is 0 Å². The third-order valence-corrected chi connectivity index (χ3v) is 2.12. The van der Waals surface area contributed by atoms with Gasteiger partial charge in [-0.25, -0.2) is 4.79 Å². The van der Waals surface area contributed by atoms with Gasteiger partial charge in [-0.3, -0.25) is 0 Å². The minimum absolute atomic E-state index is 0.0241. The number of carbonyl (C=O) groups excluding carboxylic acids is 1. The normalized spacial score (nSPS) is 12.6. The summed E-state index contributed by atoms with van der Waals surface area (Å²) in [6.45, 7) is 5.31. The Hall–Kier alpha value is -0.810. The fraction of sp³-hybridized carbons (Fsp3) is 0.909. The first-order chi connectivity index (χ1) is 7.60. The molecule has 0 aliphatic carbocycles. The molecule has 0 rings (SSSR count). The number of aliphatic hydroxyl groups excluding tert-OH is 1. The van der Waals surface area contributed by atoms with Crippen molar-refractivity contribution in [2.45, 2.75) is 32.7 Å². The first-order valence-corrected chi connectivity index (χ1v) is 5.74. The second kappa shape index (κ2) is 9.42. The predicted molar refractivity (Wildman–Crippen MR) is 63.4 cm³/mol. The molecular formula is C11H24N2O3. The first-order valence-electron chi connectivity index (χ1n) is 5.74. The van der Waals surface area contributed by atoms with Gasteiger partial charge >= 0.3 is 6.03 Å². The predicted octanol–water partition coefficient (Wildman–Crippen LogP) is 0.729. The summed E-state index contributed by atoms with van der Waals surface area (Å²) in [6.07, 6.45) is 1.57. The maximum absolute atomic E-state index is 11.4. The monoisotopic (exact) mass is 232 g/mol. The van der Waals surface area contributed by atoms with E-state index in [1.165, 1.54) is 0 Å². The highest BCUT2D eigenvalue weighted by molar-refractivity contribution is 5.74. The molecule has 0 aromatic heterocycles. The quantitative estimate of drug-likeness (QED) is 0.540. The number of hydrogen-bond donors (Lipinski definition) is 3. The zero-order chi connectivity index (χ0) is 12.4. The standard InChI is InChI=1S/C11H24N2O3/c1-9(2)7-10(8-14)13-11(15)12-5-4-6-16-3/h9-10,14H,4-8H2,1-3H3,(H2,12,13,15). The second-order valence-electron chi connectivity index (χ2n) is 4.26. The first kappa shape index (κ1) is 15.2. The molecule has 0 aliphatic rings. The van der Waals surface area contributed by atoms with Gasteiger partial charge in [0, 0.05) is 20.3 Å². The highest BCUT2D eigenvalue weighted by Crippen LogP contribution is 2.03. The van der Waals surface area contributed by atoms with Gasteiger partial charge in [0.15, 0.2) is 0 Å². The summed E-state index contributed by atoms with van der Waals surface area (Å²) in [6, 6.07) is -0.391. The molecule has 0 spiro atoms. The van der Waals surface area contributed by atoms with E-state index in [-0.39, 0.29) is 18.7 Å². The van der Waals surface area contributed by atoms with E-state index in [1.807, 2.05) is 0 Å². The number of hydrogen-bond acceptors (Lipinski definition) is 3. The highest BCUT2D eigenvalue weighted by atomic mass is 16.5. The van der Waals surface area contributed by atoms with Crippen LogP contribution >= 0.6 is 0 Å². The second-order valence-corrected chi connectivity index (χ2v) is 4.26. The van der Waals surface area contributed by atoms with Gasteiger partial charge in [-0.05, 0) is 18.8 Å². The molecule has 5 nitrogen and oxygen atoms in total. The number of urea groups is 1. The molecule has 0 fully saturated rings. The van der Waals surface area contributed by atoms with Crippen molar-refractivity contribution in [3.63, 3.8) is 0 Å². The van der Waals surface area contributed by atoms with Gasteiger partial charge in [0.25, 0.3) is 0 Å². The maximum Gasteiger partial charge on any atom is 0.315 e. The van der Waals surface area contributed by atoms with Crippen LogP contribution in [0, 0.1) is 5.92 Å². The van der Waals surface area contributed by atoms with Gasteiger partial charge < -0.3 is 20.5 Å². The Morgan fingerprint density at radius 2 is 2.12 bits per heavy atom. The van der Waals surface area contributed by atoms with Crippen LogP contribution in [0.3, 0.4) is 0 Å². The van der Waals surface area contributed by atoms with E-state index in [0.29, 0.717) is 19.1 Å². The molecule has 2 amide bonds. The molecule has 1 atom stereocenters. The van der Waals surface area contributed by atoms with E-state index >= 15 is 0 Å². The van der Waals surface area contributed by atoms with E-state index < -0.39 is 0 Å². The number of amides is 2. The Balaban J connectivity index is 3.66. The summed E-state index contributed by atoms with van der Waals surface area (Å²) in [5, 5.41) is 14.5. The van der Waals surface area contributed by atoms with E-state index in [1.54, 1.807) is 7.11 Å². The topological polar surface area (TPSA) is 70.6 Å². The van der Waals surface area contributed by atoms with Crippen molar-refractivity contribution >= 4 is 6.03 Å². The van der Waals surface area contributed by atoms with Crippen LogP contribution in [0.1, 0.15) is 26.7 Å². The van der Waals surface area contributed by atoms with E-state index in [9.17, 15) is 4.79 Å². The number of nitrogens with one attached hydrogen (secondary N) is 2. The molecule has 0 saturated carbocycles. The summed E-state index contributed by atoms with van der Waals surface area (Å²) in [5.74, 6) is 0.450. The van der Waals surface area contributed by atoms with Crippen LogP contribution in [0.25, 0.3) is 0 Å². The average molecular weight is 232 g/mol. The Morgan fingerprint density at radius 3 is 2.62 bits per heavy atom. The molecule has 5 heteroatoms. The molecule has 1 unspecified atom stereocenters. The third kappa shape index (κ3) is 8.49. The van der Waals surface area contributed by atoms with Crippen LogP contribution in [0.2, 0.25) is 0 Å². The molecule has 0 bridgehead atoms. The zero-order valence-corrected chi connectivity index (χ0v) is 10.5. The fourth-order valence-corrected chi connectivity index (χ4v) is 1.40. The van der Waals surface area contributed by atoms with E-state index in [4.69, 9.17) is 9.84 Å². The van der Waals surface area contributed by atoms with E-state index in [0.717, 1.165) is 12.8 Å². The number of ether oxygens (including phenoxy) is 1. The molecule has 0 saturated heterocycles. The zero-order valence-electron chi connectivity index (χ0n) is 10.5. The summed E-state index contributed by atoms with van der Waals surface area (Å²) < 4.78 is 4.87. The fourth-order valence-electron chi connectivity index (χ4n) is 1.40. The molecule has 0 radical (unpaired) electrons. The maximum atomic E-state index is 11.4. The van der Waals surface area contributed by atoms with Gasteiger partial charge in [-0.2, -0.15) is 0 Å². The van der Waals surface area contributed by atoms with Crippen molar-refractivity contribution in [2.24, 2.45) is 5.92 Å². The molecular weight excluding hydrogens is 208 g/mol. The number of methoxy groups -OCH3 is 1.